The minimum atomic E-state index is -0.00264. The number of aromatic nitrogens is 3. The summed E-state index contributed by atoms with van der Waals surface area (Å²) in [5, 5.41) is 11.8. The first-order valence-electron chi connectivity index (χ1n) is 10.6. The monoisotopic (exact) mass is 397 g/mol. The molecule has 2 aliphatic rings. The standard InChI is InChI=1S/C22H31N5O2/c1-17(2)13-27-16-24-25-20(27)19-14-26(15-22(19)8-10-29-11-9-22)21(28)23-12-18-6-4-3-5-7-18/h3-7,16-17,19H,8-15H2,1-2H3,(H,23,28). The lowest BCUT2D eigenvalue weighted by atomic mass is 9.71. The number of ether oxygens (including phenoxy) is 1. The first-order chi connectivity index (χ1) is 14.1. The molecule has 1 N–H and O–H groups in total. The van der Waals surface area contributed by atoms with Gasteiger partial charge in [-0.15, -0.1) is 10.2 Å². The molecule has 1 spiro atoms. The third-order valence-electron chi connectivity index (χ3n) is 6.23. The van der Waals surface area contributed by atoms with Gasteiger partial charge in [0.2, 0.25) is 0 Å². The highest BCUT2D eigenvalue weighted by Crippen LogP contribution is 2.49. The number of rotatable bonds is 5. The fourth-order valence-electron chi connectivity index (χ4n) is 4.72. The lowest BCUT2D eigenvalue weighted by Gasteiger charge is -2.37. The molecule has 156 valence electrons. The quantitative estimate of drug-likeness (QED) is 0.842. The Morgan fingerprint density at radius 3 is 2.76 bits per heavy atom. The molecule has 0 bridgehead atoms. The van der Waals surface area contributed by atoms with Crippen LogP contribution in [0.5, 0.6) is 0 Å². The minimum Gasteiger partial charge on any atom is -0.381 e. The minimum absolute atomic E-state index is 0.00264. The van der Waals surface area contributed by atoms with Gasteiger partial charge in [-0.05, 0) is 24.3 Å². The number of hydrogen-bond acceptors (Lipinski definition) is 4. The molecule has 0 aliphatic carbocycles. The number of likely N-dealkylation sites (tertiary alicyclic amines) is 1. The van der Waals surface area contributed by atoms with Gasteiger partial charge in [-0.3, -0.25) is 0 Å². The molecule has 2 aromatic rings. The maximum atomic E-state index is 13.0. The molecule has 2 fully saturated rings. The van der Waals surface area contributed by atoms with Crippen molar-refractivity contribution < 1.29 is 9.53 Å². The molecule has 7 nitrogen and oxygen atoms in total. The van der Waals surface area contributed by atoms with Crippen molar-refractivity contribution >= 4 is 6.03 Å². The van der Waals surface area contributed by atoms with Gasteiger partial charge < -0.3 is 19.5 Å². The number of urea groups is 1. The molecular formula is C22H31N5O2. The van der Waals surface area contributed by atoms with Gasteiger partial charge in [-0.2, -0.15) is 0 Å². The number of nitrogens with one attached hydrogen (secondary N) is 1. The summed E-state index contributed by atoms with van der Waals surface area (Å²) in [7, 11) is 0. The van der Waals surface area contributed by atoms with E-state index in [0.717, 1.165) is 50.5 Å². The first-order valence-corrected chi connectivity index (χ1v) is 10.6. The van der Waals surface area contributed by atoms with Crippen molar-refractivity contribution in [2.45, 2.75) is 45.7 Å². The number of nitrogens with zero attached hydrogens (tertiary/aromatic N) is 4. The van der Waals surface area contributed by atoms with E-state index in [0.29, 0.717) is 19.0 Å². The lowest BCUT2D eigenvalue weighted by Crippen LogP contribution is -2.41. The second-order valence-electron chi connectivity index (χ2n) is 8.79. The van der Waals surface area contributed by atoms with Gasteiger partial charge in [0.25, 0.3) is 0 Å². The summed E-state index contributed by atoms with van der Waals surface area (Å²) in [5.74, 6) is 1.72. The molecule has 1 aromatic carbocycles. The fourth-order valence-corrected chi connectivity index (χ4v) is 4.72. The van der Waals surface area contributed by atoms with Crippen molar-refractivity contribution in [1.29, 1.82) is 0 Å². The Morgan fingerprint density at radius 2 is 2.03 bits per heavy atom. The Balaban J connectivity index is 1.52. The van der Waals surface area contributed by atoms with Gasteiger partial charge in [-0.1, -0.05) is 44.2 Å². The van der Waals surface area contributed by atoms with E-state index in [4.69, 9.17) is 4.74 Å². The summed E-state index contributed by atoms with van der Waals surface area (Å²) in [5.41, 5.74) is 1.12. The van der Waals surface area contributed by atoms with Crippen LogP contribution in [0.3, 0.4) is 0 Å². The molecule has 2 amide bonds. The molecule has 2 saturated heterocycles. The largest absolute Gasteiger partial charge is 0.381 e. The SMILES string of the molecule is CC(C)Cn1cnnc1C1CN(C(=O)NCc2ccccc2)CC12CCOCC2. The molecule has 1 unspecified atom stereocenters. The van der Waals surface area contributed by atoms with Crippen molar-refractivity contribution in [2.24, 2.45) is 11.3 Å². The number of hydrogen-bond donors (Lipinski definition) is 1. The predicted molar refractivity (Wildman–Crippen MR) is 110 cm³/mol. The zero-order valence-electron chi connectivity index (χ0n) is 17.4. The van der Waals surface area contributed by atoms with Crippen molar-refractivity contribution in [3.8, 4) is 0 Å². The summed E-state index contributed by atoms with van der Waals surface area (Å²) in [4.78, 5) is 14.9. The summed E-state index contributed by atoms with van der Waals surface area (Å²) < 4.78 is 7.83. The smallest absolute Gasteiger partial charge is 0.317 e. The highest BCUT2D eigenvalue weighted by atomic mass is 16.5. The van der Waals surface area contributed by atoms with E-state index in [1.54, 1.807) is 0 Å². The Kier molecular flexibility index (Phi) is 5.85. The van der Waals surface area contributed by atoms with Crippen LogP contribution in [0.1, 0.15) is 44.0 Å². The van der Waals surface area contributed by atoms with Crippen LogP contribution in [0.4, 0.5) is 4.79 Å². The summed E-state index contributed by atoms with van der Waals surface area (Å²) >= 11 is 0. The highest BCUT2D eigenvalue weighted by Gasteiger charge is 2.51. The topological polar surface area (TPSA) is 72.3 Å². The average molecular weight is 398 g/mol. The van der Waals surface area contributed by atoms with Gasteiger partial charge in [0.1, 0.15) is 12.2 Å². The zero-order valence-corrected chi connectivity index (χ0v) is 17.4. The summed E-state index contributed by atoms with van der Waals surface area (Å²) in [6.07, 6.45) is 3.74. The fraction of sp³-hybridized carbons (Fsp3) is 0.591. The normalized spacial score (nSPS) is 21.1. The van der Waals surface area contributed by atoms with Crippen LogP contribution in [0, 0.1) is 11.3 Å². The van der Waals surface area contributed by atoms with Crippen molar-refractivity contribution in [3.63, 3.8) is 0 Å². The molecule has 2 aliphatic heterocycles. The van der Waals surface area contributed by atoms with Crippen molar-refractivity contribution in [2.75, 3.05) is 26.3 Å². The van der Waals surface area contributed by atoms with E-state index in [-0.39, 0.29) is 17.4 Å². The Bertz CT molecular complexity index is 814. The van der Waals surface area contributed by atoms with Gasteiger partial charge in [-0.25, -0.2) is 4.79 Å². The molecule has 0 saturated carbocycles. The molecule has 7 heteroatoms. The third kappa shape index (κ3) is 4.29. The molecule has 4 rings (SSSR count). The van der Waals surface area contributed by atoms with Crippen LogP contribution < -0.4 is 5.32 Å². The van der Waals surface area contributed by atoms with E-state index < -0.39 is 0 Å². The van der Waals surface area contributed by atoms with E-state index in [1.165, 1.54) is 0 Å². The van der Waals surface area contributed by atoms with Crippen molar-refractivity contribution in [3.05, 3.63) is 48.0 Å². The van der Waals surface area contributed by atoms with Crippen LogP contribution in [0.15, 0.2) is 36.7 Å². The summed E-state index contributed by atoms with van der Waals surface area (Å²) in [6, 6.07) is 10.0. The highest BCUT2D eigenvalue weighted by molar-refractivity contribution is 5.74. The van der Waals surface area contributed by atoms with Crippen molar-refractivity contribution in [1.82, 2.24) is 25.0 Å². The lowest BCUT2D eigenvalue weighted by molar-refractivity contribution is 0.0118. The zero-order chi connectivity index (χ0) is 20.3. The van der Waals surface area contributed by atoms with Gasteiger partial charge in [0.05, 0.1) is 0 Å². The number of amides is 2. The predicted octanol–water partition coefficient (Wildman–Crippen LogP) is 3.04. The van der Waals surface area contributed by atoms with Gasteiger partial charge in [0, 0.05) is 50.7 Å². The number of carbonyl (C=O) groups is 1. The van der Waals surface area contributed by atoms with Crippen LogP contribution in [-0.4, -0.2) is 52.0 Å². The molecule has 29 heavy (non-hydrogen) atoms. The van der Waals surface area contributed by atoms with E-state index in [9.17, 15) is 4.79 Å². The van der Waals surface area contributed by atoms with Crippen LogP contribution in [-0.2, 0) is 17.8 Å². The molecular weight excluding hydrogens is 366 g/mol. The van der Waals surface area contributed by atoms with E-state index >= 15 is 0 Å². The first kappa shape index (κ1) is 19.9. The third-order valence-corrected chi connectivity index (χ3v) is 6.23. The van der Waals surface area contributed by atoms with Gasteiger partial charge in [0.15, 0.2) is 0 Å². The van der Waals surface area contributed by atoms with Crippen LogP contribution in [0.25, 0.3) is 0 Å². The van der Waals surface area contributed by atoms with Crippen LogP contribution in [0.2, 0.25) is 0 Å². The maximum Gasteiger partial charge on any atom is 0.317 e. The maximum absolute atomic E-state index is 13.0. The summed E-state index contributed by atoms with van der Waals surface area (Å²) in [6.45, 7) is 8.75. The van der Waals surface area contributed by atoms with Gasteiger partial charge >= 0.3 is 6.03 Å². The van der Waals surface area contributed by atoms with Crippen LogP contribution >= 0.6 is 0 Å². The average Bonchev–Trinajstić information content (AvgIpc) is 3.31. The van der Waals surface area contributed by atoms with E-state index in [2.05, 4.69) is 33.9 Å². The molecule has 1 aromatic heterocycles. The Morgan fingerprint density at radius 1 is 1.28 bits per heavy atom. The Hall–Kier alpha value is -2.41. The molecule has 0 radical (unpaired) electrons. The number of carbonyl (C=O) groups excluding carboxylic acids is 1. The number of benzene rings is 1. The Labute approximate surface area is 172 Å². The molecule has 1 atom stereocenters. The molecule has 3 heterocycles. The second kappa shape index (κ2) is 8.53. The van der Waals surface area contributed by atoms with E-state index in [1.807, 2.05) is 41.6 Å². The second-order valence-corrected chi connectivity index (χ2v) is 8.79.